The minimum absolute atomic E-state index is 0.0571. The Hall–Kier alpha value is -9.26. The number of hydrogen-bond acceptors (Lipinski definition) is 14. The summed E-state index contributed by atoms with van der Waals surface area (Å²) in [6.45, 7) is 16.4. The second-order valence-corrected chi connectivity index (χ2v) is 21.3. The Morgan fingerprint density at radius 2 is 0.923 bits per heavy atom. The molecular formula is C69H71F3N8O11. The summed E-state index contributed by atoms with van der Waals surface area (Å²) in [6, 6.07) is 34.3. The van der Waals surface area contributed by atoms with Gasteiger partial charge in [0.1, 0.15) is 5.78 Å². The highest BCUT2D eigenvalue weighted by Gasteiger charge is 2.31. The molecule has 4 aromatic carbocycles. The number of alkyl halides is 3. The van der Waals surface area contributed by atoms with Gasteiger partial charge in [-0.05, 0) is 143 Å². The molecule has 0 saturated carbocycles. The molecule has 0 aliphatic heterocycles. The molecule has 0 spiro atoms. The van der Waals surface area contributed by atoms with E-state index in [-0.39, 0.29) is 73.2 Å². The maximum absolute atomic E-state index is 14.1. The van der Waals surface area contributed by atoms with E-state index >= 15 is 0 Å². The molecule has 0 aliphatic rings. The first-order valence-electron chi connectivity index (χ1n) is 30.0. The molecule has 0 radical (unpaired) electrons. The van der Waals surface area contributed by atoms with E-state index in [0.717, 1.165) is 28.0 Å². The van der Waals surface area contributed by atoms with E-state index in [4.69, 9.17) is 35.0 Å². The average Bonchev–Trinajstić information content (AvgIpc) is 1.65. The van der Waals surface area contributed by atoms with Gasteiger partial charge in [0, 0.05) is 86.0 Å². The molecule has 22 heteroatoms. The number of rotatable bonds is 36. The van der Waals surface area contributed by atoms with Crippen LogP contribution in [0.5, 0.6) is 0 Å². The van der Waals surface area contributed by atoms with Gasteiger partial charge in [0.25, 0.3) is 11.1 Å². The van der Waals surface area contributed by atoms with Crippen LogP contribution < -0.4 is 11.1 Å². The molecule has 474 valence electrons. The second kappa shape index (κ2) is 33.5. The fourth-order valence-electron chi connectivity index (χ4n) is 10.2. The molecular weight excluding hydrogens is 1170 g/mol. The highest BCUT2D eigenvalue weighted by molar-refractivity contribution is 5.98. The molecule has 0 amide bonds. The summed E-state index contributed by atoms with van der Waals surface area (Å²) in [5, 5.41) is 18.3. The molecule has 8 aromatic rings. The highest BCUT2D eigenvalue weighted by Crippen LogP contribution is 2.33. The van der Waals surface area contributed by atoms with Gasteiger partial charge in [-0.2, -0.15) is 28.6 Å². The first-order chi connectivity index (χ1) is 44.1. The fraction of sp³-hybridized carbons (Fsp3) is 0.348. The van der Waals surface area contributed by atoms with Gasteiger partial charge in [-0.1, -0.05) is 30.3 Å². The zero-order chi connectivity index (χ0) is 64.7. The van der Waals surface area contributed by atoms with Gasteiger partial charge in [-0.15, -0.1) is 0 Å². The lowest BCUT2D eigenvalue weighted by atomic mass is 10.0. The predicted octanol–water partition coefficient (Wildman–Crippen LogP) is 11.9. The summed E-state index contributed by atoms with van der Waals surface area (Å²) < 4.78 is 81.3. The number of Topliss-reactive ketones (excluding diaryl/α,β-unsaturated/α-hetero) is 3. The van der Waals surface area contributed by atoms with Crippen LogP contribution in [0.4, 0.5) is 18.9 Å². The van der Waals surface area contributed by atoms with E-state index in [1.54, 1.807) is 87.7 Å². The van der Waals surface area contributed by atoms with Crippen molar-refractivity contribution in [2.24, 2.45) is 0 Å². The minimum Gasteiger partial charge on any atom is -0.379 e. The quantitative estimate of drug-likeness (QED) is 0.0203. The number of carbonyl (C=O) groups excluding carboxylic acids is 3. The lowest BCUT2D eigenvalue weighted by Gasteiger charge is -2.18. The van der Waals surface area contributed by atoms with Crippen LogP contribution in [0.2, 0.25) is 0 Å². The van der Waals surface area contributed by atoms with Crippen molar-refractivity contribution in [1.29, 1.82) is 5.26 Å². The number of hydrogen-bond donors (Lipinski definition) is 0. The number of pyridine rings is 2. The molecule has 0 N–H and O–H groups in total. The van der Waals surface area contributed by atoms with E-state index in [0.29, 0.717) is 142 Å². The van der Waals surface area contributed by atoms with E-state index in [2.05, 4.69) is 21.1 Å². The van der Waals surface area contributed by atoms with Crippen molar-refractivity contribution in [1.82, 2.24) is 28.7 Å². The van der Waals surface area contributed by atoms with Crippen molar-refractivity contribution >= 4 is 23.0 Å². The molecule has 0 atom stereocenters. The number of halogens is 3. The largest absolute Gasteiger partial charge is 0.416 e. The molecule has 8 rings (SSSR count). The van der Waals surface area contributed by atoms with Gasteiger partial charge in [-0.25, -0.2) is 14.2 Å². The normalized spacial score (nSPS) is 11.4. The van der Waals surface area contributed by atoms with Crippen LogP contribution in [0, 0.1) is 38.7 Å². The molecule has 0 saturated heterocycles. The van der Waals surface area contributed by atoms with E-state index in [1.165, 1.54) is 24.4 Å². The molecule has 19 nitrogen and oxygen atoms in total. The SMILES string of the molecule is [C-]#[N+]c1ccc(-n2nccc2-c2cc(C(=O)CCCOCCOCCOCCCC(=O)CCCOCCOCCOCCCC(=O)c3cc(-c4ccnn4-c4ccc(C#N)cc4)c(C)n(-c4cccc(C)c4)c3=O)c(=O)n(-c3cccc(C(F)(F)F)c3)c2C)cc1. The third kappa shape index (κ3) is 18.4. The Morgan fingerprint density at radius 1 is 0.516 bits per heavy atom. The Bertz CT molecular complexity index is 3990. The zero-order valence-corrected chi connectivity index (χ0v) is 51.0. The Kier molecular flexibility index (Phi) is 24.9. The van der Waals surface area contributed by atoms with Crippen molar-refractivity contribution in [3.8, 4) is 51.3 Å². The summed E-state index contributed by atoms with van der Waals surface area (Å²) in [5.74, 6) is -0.699. The first kappa shape index (κ1) is 67.7. The number of benzene rings is 4. The number of ketones is 3. The molecule has 91 heavy (non-hydrogen) atoms. The second-order valence-electron chi connectivity index (χ2n) is 21.3. The molecule has 0 bridgehead atoms. The van der Waals surface area contributed by atoms with Gasteiger partial charge in [0.2, 0.25) is 0 Å². The average molecular weight is 1250 g/mol. The van der Waals surface area contributed by atoms with Gasteiger partial charge >= 0.3 is 6.18 Å². The van der Waals surface area contributed by atoms with Gasteiger partial charge in [-0.3, -0.25) is 33.1 Å². The fourth-order valence-corrected chi connectivity index (χ4v) is 10.2. The molecule has 4 aromatic heterocycles. The van der Waals surface area contributed by atoms with Crippen LogP contribution in [0.15, 0.2) is 143 Å². The maximum atomic E-state index is 14.1. The van der Waals surface area contributed by atoms with Crippen molar-refractivity contribution in [2.45, 2.75) is 78.3 Å². The van der Waals surface area contributed by atoms with Crippen molar-refractivity contribution in [3.63, 3.8) is 0 Å². The van der Waals surface area contributed by atoms with Crippen LogP contribution in [-0.4, -0.2) is 125 Å². The van der Waals surface area contributed by atoms with Crippen molar-refractivity contribution < 1.29 is 56.0 Å². The number of ether oxygens (including phenoxy) is 6. The Balaban J connectivity index is 0.652. The van der Waals surface area contributed by atoms with Crippen LogP contribution in [-0.2, 0) is 39.4 Å². The van der Waals surface area contributed by atoms with Crippen molar-refractivity contribution in [2.75, 3.05) is 79.3 Å². The monoisotopic (exact) mass is 1240 g/mol. The summed E-state index contributed by atoms with van der Waals surface area (Å²) >= 11 is 0. The Morgan fingerprint density at radius 3 is 1.34 bits per heavy atom. The lowest BCUT2D eigenvalue weighted by Crippen LogP contribution is -2.28. The van der Waals surface area contributed by atoms with Gasteiger partial charge in [0.05, 0.1) is 123 Å². The van der Waals surface area contributed by atoms with E-state index in [9.17, 15) is 42.4 Å². The molecule has 4 heterocycles. The third-order valence-corrected chi connectivity index (χ3v) is 14.9. The molecule has 0 fully saturated rings. The standard InChI is InChI=1S/C69H71F3N8O11/c1-48-11-5-13-56(43-48)77-49(2)59(63-27-29-75-79(63)54-23-19-51(47-73)20-24-54)45-61(67(77)84)65(82)17-9-33-88-37-41-90-39-35-86-31-7-15-58(81)16-8-32-87-36-40-91-42-38-89-34-10-18-66(83)62-46-60(64-28-30-76-80(64)55-25-21-53(74-4)22-26-55)50(3)78(68(62)85)57-14-6-12-52(44-57)69(70,71)72/h5-6,11-14,19-30,43-46H,7-10,15-18,31-42H2,1-3H3. The maximum Gasteiger partial charge on any atom is 0.416 e. The summed E-state index contributed by atoms with van der Waals surface area (Å²) in [4.78, 5) is 71.4. The zero-order valence-electron chi connectivity index (χ0n) is 51.0. The minimum atomic E-state index is -4.67. The number of aromatic nitrogens is 6. The predicted molar refractivity (Wildman–Crippen MR) is 335 cm³/mol. The number of nitrogens with zero attached hydrogens (tertiary/aromatic N) is 8. The topological polar surface area (TPSA) is 214 Å². The van der Waals surface area contributed by atoms with Crippen LogP contribution in [0.3, 0.4) is 0 Å². The number of carbonyl (C=O) groups is 3. The summed E-state index contributed by atoms with van der Waals surface area (Å²) in [5.41, 5.74) is 4.66. The third-order valence-electron chi connectivity index (χ3n) is 14.9. The smallest absolute Gasteiger partial charge is 0.379 e. The van der Waals surface area contributed by atoms with Crippen LogP contribution in [0.25, 0.3) is 50.1 Å². The number of aryl methyl sites for hydroxylation is 1. The van der Waals surface area contributed by atoms with E-state index < -0.39 is 28.6 Å². The van der Waals surface area contributed by atoms with Crippen LogP contribution >= 0.6 is 0 Å². The van der Waals surface area contributed by atoms with Gasteiger partial charge < -0.3 is 28.4 Å². The van der Waals surface area contributed by atoms with Crippen molar-refractivity contribution in [3.05, 3.63) is 205 Å². The first-order valence-corrected chi connectivity index (χ1v) is 30.0. The molecule has 0 aliphatic carbocycles. The van der Waals surface area contributed by atoms with Crippen LogP contribution in [0.1, 0.15) is 100 Å². The summed E-state index contributed by atoms with van der Waals surface area (Å²) in [7, 11) is 0. The highest BCUT2D eigenvalue weighted by atomic mass is 19.4. The lowest BCUT2D eigenvalue weighted by molar-refractivity contribution is -0.137. The van der Waals surface area contributed by atoms with E-state index in [1.807, 2.05) is 44.2 Å². The van der Waals surface area contributed by atoms with Gasteiger partial charge in [0.15, 0.2) is 17.3 Å². The summed E-state index contributed by atoms with van der Waals surface area (Å²) in [6.07, 6.45) is 1.11. The molecule has 0 unspecified atom stereocenters. The number of nitriles is 1. The Labute approximate surface area is 524 Å².